The lowest BCUT2D eigenvalue weighted by Crippen LogP contribution is -1.97. The summed E-state index contributed by atoms with van der Waals surface area (Å²) in [5.41, 5.74) is 2.09. The molecule has 0 saturated heterocycles. The topological polar surface area (TPSA) is 70.8 Å². The minimum atomic E-state index is 0.267. The van der Waals surface area contributed by atoms with Crippen LogP contribution in [0, 0.1) is 6.92 Å². The van der Waals surface area contributed by atoms with E-state index >= 15 is 0 Å². The first-order valence-corrected chi connectivity index (χ1v) is 8.01. The van der Waals surface area contributed by atoms with Crippen LogP contribution in [0.2, 0.25) is 0 Å². The van der Waals surface area contributed by atoms with Gasteiger partial charge >= 0.3 is 0 Å². The summed E-state index contributed by atoms with van der Waals surface area (Å²) < 4.78 is 22.0. The highest BCUT2D eigenvalue weighted by Crippen LogP contribution is 2.32. The molecule has 1 aromatic heterocycles. The van der Waals surface area contributed by atoms with Gasteiger partial charge in [0.2, 0.25) is 5.89 Å². The lowest BCUT2D eigenvalue weighted by Gasteiger charge is -2.07. The molecule has 0 saturated carbocycles. The monoisotopic (exact) mass is 353 g/mol. The lowest BCUT2D eigenvalue weighted by atomic mass is 10.2. The number of rotatable bonds is 7. The van der Waals surface area contributed by atoms with Crippen LogP contribution < -0.4 is 14.2 Å². The third-order valence-corrected chi connectivity index (χ3v) is 3.91. The Bertz CT molecular complexity index is 899. The first-order chi connectivity index (χ1) is 12.6. The van der Waals surface area contributed by atoms with Gasteiger partial charge in [0.05, 0.1) is 14.2 Å². The van der Waals surface area contributed by atoms with Crippen LogP contribution in [0.15, 0.2) is 46.9 Å². The van der Waals surface area contributed by atoms with E-state index < -0.39 is 0 Å². The maximum absolute atomic E-state index is 10.7. The molecule has 0 spiro atoms. The Morgan fingerprint density at radius 3 is 2.42 bits per heavy atom. The average Bonchev–Trinajstić information content (AvgIpc) is 3.06. The van der Waals surface area contributed by atoms with Crippen molar-refractivity contribution in [3.8, 4) is 28.7 Å². The fourth-order valence-electron chi connectivity index (χ4n) is 2.45. The molecule has 0 unspecified atom stereocenters. The number of nitrogens with zero attached hydrogens (tertiary/aromatic N) is 1. The largest absolute Gasteiger partial charge is 0.493 e. The smallest absolute Gasteiger partial charge is 0.226 e. The predicted octanol–water partition coefficient (Wildman–Crippen LogP) is 4.06. The number of aldehydes is 1. The van der Waals surface area contributed by atoms with Gasteiger partial charge in [0.25, 0.3) is 0 Å². The third-order valence-electron chi connectivity index (χ3n) is 3.91. The van der Waals surface area contributed by atoms with Gasteiger partial charge in [-0.05, 0) is 49.4 Å². The summed E-state index contributed by atoms with van der Waals surface area (Å²) in [4.78, 5) is 15.2. The van der Waals surface area contributed by atoms with E-state index in [-0.39, 0.29) is 6.61 Å². The highest BCUT2D eigenvalue weighted by molar-refractivity contribution is 5.74. The highest BCUT2D eigenvalue weighted by atomic mass is 16.5. The second kappa shape index (κ2) is 7.74. The normalized spacial score (nSPS) is 10.4. The molecule has 0 aliphatic carbocycles. The quantitative estimate of drug-likeness (QED) is 0.597. The third kappa shape index (κ3) is 3.69. The maximum Gasteiger partial charge on any atom is 0.226 e. The van der Waals surface area contributed by atoms with Crippen molar-refractivity contribution in [2.24, 2.45) is 0 Å². The number of ether oxygens (including phenoxy) is 3. The molecule has 0 aliphatic rings. The number of carbonyl (C=O) groups is 1. The molecule has 1 heterocycles. The molecule has 26 heavy (non-hydrogen) atoms. The van der Waals surface area contributed by atoms with E-state index in [1.54, 1.807) is 44.6 Å². The van der Waals surface area contributed by atoms with Gasteiger partial charge in [-0.3, -0.25) is 4.79 Å². The zero-order valence-electron chi connectivity index (χ0n) is 14.8. The van der Waals surface area contributed by atoms with Crippen LogP contribution in [0.5, 0.6) is 17.2 Å². The van der Waals surface area contributed by atoms with Crippen molar-refractivity contribution >= 4 is 6.29 Å². The highest BCUT2D eigenvalue weighted by Gasteiger charge is 2.14. The van der Waals surface area contributed by atoms with E-state index in [9.17, 15) is 4.79 Å². The van der Waals surface area contributed by atoms with Gasteiger partial charge in [-0.15, -0.1) is 0 Å². The van der Waals surface area contributed by atoms with Crippen LogP contribution in [0.4, 0.5) is 0 Å². The average molecular weight is 353 g/mol. The van der Waals surface area contributed by atoms with Crippen LogP contribution in [0.25, 0.3) is 11.5 Å². The summed E-state index contributed by atoms with van der Waals surface area (Å²) in [6.45, 7) is 2.11. The second-order valence-corrected chi connectivity index (χ2v) is 5.57. The molecule has 0 atom stereocenters. The van der Waals surface area contributed by atoms with Crippen molar-refractivity contribution < 1.29 is 23.4 Å². The van der Waals surface area contributed by atoms with Gasteiger partial charge < -0.3 is 18.6 Å². The fraction of sp³-hybridized carbons (Fsp3) is 0.200. The molecular weight excluding hydrogens is 334 g/mol. The molecule has 2 aromatic carbocycles. The summed E-state index contributed by atoms with van der Waals surface area (Å²) in [6, 6.07) is 12.4. The van der Waals surface area contributed by atoms with Crippen LogP contribution in [0.1, 0.15) is 21.8 Å². The lowest BCUT2D eigenvalue weighted by molar-refractivity contribution is 0.112. The zero-order valence-corrected chi connectivity index (χ0v) is 14.8. The molecule has 3 aromatic rings. The Balaban J connectivity index is 1.77. The standard InChI is InChI=1S/C20H19NO5/c1-13-17(12-25-16-7-4-14(11-22)5-8-16)21-20(26-13)15-6-9-18(23-2)19(10-15)24-3/h4-11H,12H2,1-3H3. The van der Waals surface area contributed by atoms with Crippen LogP contribution in [0.3, 0.4) is 0 Å². The van der Waals surface area contributed by atoms with Crippen molar-refractivity contribution in [3.05, 3.63) is 59.5 Å². The van der Waals surface area contributed by atoms with E-state index in [0.717, 1.165) is 11.8 Å². The second-order valence-electron chi connectivity index (χ2n) is 5.57. The molecule has 0 radical (unpaired) electrons. The maximum atomic E-state index is 10.7. The van der Waals surface area contributed by atoms with E-state index in [4.69, 9.17) is 18.6 Å². The minimum Gasteiger partial charge on any atom is -0.493 e. The number of hydrogen-bond donors (Lipinski definition) is 0. The summed E-state index contributed by atoms with van der Waals surface area (Å²) in [5, 5.41) is 0. The van der Waals surface area contributed by atoms with Gasteiger partial charge in [0.15, 0.2) is 11.5 Å². The first kappa shape index (κ1) is 17.5. The van der Waals surface area contributed by atoms with Crippen LogP contribution in [-0.4, -0.2) is 25.5 Å². The molecule has 6 nitrogen and oxygen atoms in total. The molecule has 0 fully saturated rings. The number of methoxy groups -OCH3 is 2. The van der Waals surface area contributed by atoms with Gasteiger partial charge in [-0.1, -0.05) is 0 Å². The molecule has 0 aliphatic heterocycles. The molecular formula is C20H19NO5. The summed E-state index contributed by atoms with van der Waals surface area (Å²) in [7, 11) is 3.17. The van der Waals surface area contributed by atoms with Gasteiger partial charge in [0.1, 0.15) is 30.1 Å². The number of oxazole rings is 1. The number of aryl methyl sites for hydroxylation is 1. The Morgan fingerprint density at radius 2 is 1.77 bits per heavy atom. The Hall–Kier alpha value is -3.28. The number of hydrogen-bond acceptors (Lipinski definition) is 6. The Kier molecular flexibility index (Phi) is 5.22. The van der Waals surface area contributed by atoms with E-state index in [0.29, 0.717) is 40.2 Å². The van der Waals surface area contributed by atoms with Crippen LogP contribution >= 0.6 is 0 Å². The van der Waals surface area contributed by atoms with E-state index in [2.05, 4.69) is 4.98 Å². The van der Waals surface area contributed by atoms with Crippen molar-refractivity contribution in [2.75, 3.05) is 14.2 Å². The van der Waals surface area contributed by atoms with E-state index in [1.165, 1.54) is 0 Å². The zero-order chi connectivity index (χ0) is 18.5. The summed E-state index contributed by atoms with van der Waals surface area (Å²) in [5.74, 6) is 3.07. The van der Waals surface area contributed by atoms with Gasteiger partial charge in [-0.2, -0.15) is 0 Å². The van der Waals surface area contributed by atoms with Gasteiger partial charge in [-0.25, -0.2) is 4.98 Å². The summed E-state index contributed by atoms with van der Waals surface area (Å²) >= 11 is 0. The SMILES string of the molecule is COc1ccc(-c2nc(COc3ccc(C=O)cc3)c(C)o2)cc1OC. The molecule has 0 amide bonds. The molecule has 6 heteroatoms. The van der Waals surface area contributed by atoms with Gasteiger partial charge in [0, 0.05) is 11.1 Å². The van der Waals surface area contributed by atoms with Crippen molar-refractivity contribution in [2.45, 2.75) is 13.5 Å². The van der Waals surface area contributed by atoms with Crippen molar-refractivity contribution in [1.82, 2.24) is 4.98 Å². The predicted molar refractivity (Wildman–Crippen MR) is 95.9 cm³/mol. The summed E-state index contributed by atoms with van der Waals surface area (Å²) in [6.07, 6.45) is 0.793. The number of aromatic nitrogens is 1. The number of carbonyl (C=O) groups excluding carboxylic acids is 1. The molecule has 3 rings (SSSR count). The van der Waals surface area contributed by atoms with Crippen LogP contribution in [-0.2, 0) is 6.61 Å². The molecule has 134 valence electrons. The first-order valence-electron chi connectivity index (χ1n) is 8.01. The van der Waals surface area contributed by atoms with Crippen molar-refractivity contribution in [3.63, 3.8) is 0 Å². The van der Waals surface area contributed by atoms with Crippen molar-refractivity contribution in [1.29, 1.82) is 0 Å². The minimum absolute atomic E-state index is 0.267. The number of benzene rings is 2. The fourth-order valence-corrected chi connectivity index (χ4v) is 2.45. The van der Waals surface area contributed by atoms with E-state index in [1.807, 2.05) is 19.1 Å². The Labute approximate surface area is 151 Å². The molecule has 0 N–H and O–H groups in total. The molecule has 0 bridgehead atoms. The Morgan fingerprint density at radius 1 is 1.04 bits per heavy atom.